The lowest BCUT2D eigenvalue weighted by atomic mass is 10.3. The van der Waals surface area contributed by atoms with E-state index in [1.807, 2.05) is 0 Å². The van der Waals surface area contributed by atoms with E-state index < -0.39 is 23.8 Å². The molecule has 0 saturated heterocycles. The molecule has 11 heavy (non-hydrogen) atoms. The number of carboxylic acid groups (broad SMARTS) is 1. The van der Waals surface area contributed by atoms with E-state index in [1.54, 1.807) is 0 Å². The molecular formula is C5H3F2NO3. The van der Waals surface area contributed by atoms with Crippen LogP contribution in [0.4, 0.5) is 8.78 Å². The van der Waals surface area contributed by atoms with Crippen molar-refractivity contribution in [1.82, 2.24) is 4.98 Å². The summed E-state index contributed by atoms with van der Waals surface area (Å²) in [5, 5.41) is 8.24. The lowest BCUT2D eigenvalue weighted by Gasteiger charge is -1.91. The Balaban J connectivity index is 3.06. The third kappa shape index (κ3) is 1.34. The summed E-state index contributed by atoms with van der Waals surface area (Å²) in [4.78, 5) is 13.2. The highest BCUT2D eigenvalue weighted by Gasteiger charge is 2.22. The van der Waals surface area contributed by atoms with E-state index in [4.69, 9.17) is 5.11 Å². The molecule has 0 aliphatic heterocycles. The van der Waals surface area contributed by atoms with Crippen molar-refractivity contribution in [2.24, 2.45) is 0 Å². The zero-order valence-electron chi connectivity index (χ0n) is 5.12. The fraction of sp³-hybridized carbons (Fsp3) is 0.200. The van der Waals surface area contributed by atoms with Gasteiger partial charge in [0.25, 0.3) is 6.43 Å². The summed E-state index contributed by atoms with van der Waals surface area (Å²) in [7, 11) is 0. The van der Waals surface area contributed by atoms with Crippen LogP contribution in [0.5, 0.6) is 0 Å². The fourth-order valence-corrected chi connectivity index (χ4v) is 0.570. The maximum atomic E-state index is 11.8. The summed E-state index contributed by atoms with van der Waals surface area (Å²) in [5.74, 6) is -2.35. The lowest BCUT2D eigenvalue weighted by molar-refractivity contribution is 0.0646. The van der Waals surface area contributed by atoms with Crippen LogP contribution in [0.15, 0.2) is 10.8 Å². The molecule has 1 aromatic rings. The molecule has 0 aliphatic rings. The van der Waals surface area contributed by atoms with E-state index in [9.17, 15) is 13.6 Å². The van der Waals surface area contributed by atoms with Crippen molar-refractivity contribution in [3.8, 4) is 0 Å². The summed E-state index contributed by atoms with van der Waals surface area (Å²) < 4.78 is 27.9. The van der Waals surface area contributed by atoms with Crippen LogP contribution < -0.4 is 0 Å². The number of nitrogens with zero attached hydrogens (tertiary/aromatic N) is 1. The molecule has 1 heterocycles. The Labute approximate surface area is 59.5 Å². The van der Waals surface area contributed by atoms with Gasteiger partial charge in [-0.05, 0) is 0 Å². The number of alkyl halides is 2. The van der Waals surface area contributed by atoms with Crippen molar-refractivity contribution in [2.45, 2.75) is 6.43 Å². The van der Waals surface area contributed by atoms with Crippen LogP contribution >= 0.6 is 0 Å². The molecule has 0 atom stereocenters. The molecule has 0 aromatic carbocycles. The largest absolute Gasteiger partial charge is 0.475 e. The molecular weight excluding hydrogens is 160 g/mol. The van der Waals surface area contributed by atoms with Crippen molar-refractivity contribution in [3.05, 3.63) is 17.8 Å². The Hall–Kier alpha value is -1.46. The van der Waals surface area contributed by atoms with E-state index in [2.05, 4.69) is 9.40 Å². The van der Waals surface area contributed by atoms with Crippen molar-refractivity contribution in [1.29, 1.82) is 0 Å². The predicted molar refractivity (Wildman–Crippen MR) is 28.4 cm³/mol. The molecule has 0 saturated carbocycles. The molecule has 0 amide bonds. The topological polar surface area (TPSA) is 63.3 Å². The minimum absolute atomic E-state index is 0.672. The van der Waals surface area contributed by atoms with Crippen LogP contribution in [0.3, 0.4) is 0 Å². The molecule has 0 bridgehead atoms. The van der Waals surface area contributed by atoms with Gasteiger partial charge in [-0.25, -0.2) is 18.6 Å². The van der Waals surface area contributed by atoms with Gasteiger partial charge in [0.1, 0.15) is 0 Å². The molecule has 1 aromatic heterocycles. The van der Waals surface area contributed by atoms with Gasteiger partial charge in [-0.3, -0.25) is 0 Å². The molecule has 4 nitrogen and oxygen atoms in total. The van der Waals surface area contributed by atoms with Gasteiger partial charge in [-0.2, -0.15) is 0 Å². The summed E-state index contributed by atoms with van der Waals surface area (Å²) in [6.45, 7) is 0. The third-order valence-electron chi connectivity index (χ3n) is 0.996. The van der Waals surface area contributed by atoms with Gasteiger partial charge in [-0.1, -0.05) is 0 Å². The van der Waals surface area contributed by atoms with Crippen LogP contribution in [-0.4, -0.2) is 16.1 Å². The Morgan fingerprint density at radius 3 is 2.73 bits per heavy atom. The van der Waals surface area contributed by atoms with Gasteiger partial charge in [-0.15, -0.1) is 0 Å². The first-order chi connectivity index (χ1) is 5.13. The number of halogens is 2. The highest BCUT2D eigenvalue weighted by molar-refractivity contribution is 5.85. The number of hydrogen-bond donors (Lipinski definition) is 1. The Morgan fingerprint density at radius 1 is 1.73 bits per heavy atom. The van der Waals surface area contributed by atoms with Gasteiger partial charge >= 0.3 is 5.97 Å². The maximum Gasteiger partial charge on any atom is 0.374 e. The van der Waals surface area contributed by atoms with Gasteiger partial charge in [0.2, 0.25) is 5.76 Å². The SMILES string of the molecule is O=C(O)c1ocnc1C(F)F. The number of aromatic carboxylic acids is 1. The first-order valence-electron chi connectivity index (χ1n) is 2.57. The number of hydrogen-bond acceptors (Lipinski definition) is 3. The molecule has 1 N–H and O–H groups in total. The van der Waals surface area contributed by atoms with E-state index in [-0.39, 0.29) is 0 Å². The minimum Gasteiger partial charge on any atom is -0.475 e. The van der Waals surface area contributed by atoms with Gasteiger partial charge < -0.3 is 9.52 Å². The van der Waals surface area contributed by atoms with E-state index in [1.165, 1.54) is 0 Å². The molecule has 0 aliphatic carbocycles. The highest BCUT2D eigenvalue weighted by atomic mass is 19.3. The van der Waals surface area contributed by atoms with Crippen LogP contribution in [0.1, 0.15) is 22.7 Å². The number of aromatic nitrogens is 1. The second-order valence-corrected chi connectivity index (χ2v) is 1.67. The van der Waals surface area contributed by atoms with Crippen molar-refractivity contribution >= 4 is 5.97 Å². The standard InChI is InChI=1S/C5H3F2NO3/c6-4(7)2-3(5(9)10)11-1-8-2/h1,4H,(H,9,10). The first kappa shape index (κ1) is 7.64. The molecule has 60 valence electrons. The lowest BCUT2D eigenvalue weighted by Crippen LogP contribution is -1.99. The normalized spacial score (nSPS) is 10.5. The van der Waals surface area contributed by atoms with E-state index in [0.717, 1.165) is 0 Å². The second kappa shape index (κ2) is 2.65. The van der Waals surface area contributed by atoms with Crippen molar-refractivity contribution < 1.29 is 23.1 Å². The van der Waals surface area contributed by atoms with Crippen molar-refractivity contribution in [2.75, 3.05) is 0 Å². The van der Waals surface area contributed by atoms with Crippen LogP contribution in [0, 0.1) is 0 Å². The van der Waals surface area contributed by atoms with E-state index in [0.29, 0.717) is 6.39 Å². The number of carboxylic acids is 1. The zero-order valence-corrected chi connectivity index (χ0v) is 5.12. The number of rotatable bonds is 2. The highest BCUT2D eigenvalue weighted by Crippen LogP contribution is 2.20. The Morgan fingerprint density at radius 2 is 2.36 bits per heavy atom. The first-order valence-corrected chi connectivity index (χ1v) is 2.57. The summed E-state index contributed by atoms with van der Waals surface area (Å²) >= 11 is 0. The molecule has 6 heteroatoms. The molecule has 0 spiro atoms. The second-order valence-electron chi connectivity index (χ2n) is 1.67. The zero-order chi connectivity index (χ0) is 8.43. The summed E-state index contributed by atoms with van der Waals surface area (Å²) in [6, 6.07) is 0. The van der Waals surface area contributed by atoms with Crippen LogP contribution in [-0.2, 0) is 0 Å². The maximum absolute atomic E-state index is 11.8. The van der Waals surface area contributed by atoms with Crippen LogP contribution in [0.25, 0.3) is 0 Å². The van der Waals surface area contributed by atoms with Crippen LogP contribution in [0.2, 0.25) is 0 Å². The van der Waals surface area contributed by atoms with Crippen molar-refractivity contribution in [3.63, 3.8) is 0 Å². The van der Waals surface area contributed by atoms with E-state index >= 15 is 0 Å². The molecule has 0 fully saturated rings. The Kier molecular flexibility index (Phi) is 1.84. The fourth-order valence-electron chi connectivity index (χ4n) is 0.570. The van der Waals surface area contributed by atoms with Gasteiger partial charge in [0.05, 0.1) is 0 Å². The number of carbonyl (C=O) groups is 1. The minimum atomic E-state index is -2.92. The Bertz CT molecular complexity index is 270. The van der Waals surface area contributed by atoms with Gasteiger partial charge in [0.15, 0.2) is 12.1 Å². The summed E-state index contributed by atoms with van der Waals surface area (Å²) in [5.41, 5.74) is -0.836. The monoisotopic (exact) mass is 163 g/mol. The summed E-state index contributed by atoms with van der Waals surface area (Å²) in [6.07, 6.45) is -2.25. The molecule has 0 unspecified atom stereocenters. The quantitative estimate of drug-likeness (QED) is 0.713. The average molecular weight is 163 g/mol. The predicted octanol–water partition coefficient (Wildman–Crippen LogP) is 1.31. The smallest absolute Gasteiger partial charge is 0.374 e. The van der Waals surface area contributed by atoms with Gasteiger partial charge in [0, 0.05) is 0 Å². The molecule has 0 radical (unpaired) electrons. The molecule has 1 rings (SSSR count). The average Bonchev–Trinajstić information content (AvgIpc) is 2.32. The third-order valence-corrected chi connectivity index (χ3v) is 0.996. The number of oxazole rings is 1.